The summed E-state index contributed by atoms with van der Waals surface area (Å²) in [5, 5.41) is 6.16. The zero-order valence-corrected chi connectivity index (χ0v) is 12.1. The molecule has 106 valence electrons. The molecule has 1 aromatic rings. The number of rotatable bonds is 3. The second-order valence-corrected chi connectivity index (χ2v) is 4.65. The molecule has 1 amide bonds. The molecule has 2 unspecified atom stereocenters. The Kier molecular flexibility index (Phi) is 6.28. The molecule has 0 saturated carbocycles. The summed E-state index contributed by atoms with van der Waals surface area (Å²) in [5.41, 5.74) is 2.34. The monoisotopic (exact) mass is 284 g/mol. The normalized spacial score (nSPS) is 20.2. The van der Waals surface area contributed by atoms with Crippen molar-refractivity contribution in [1.82, 2.24) is 10.6 Å². The Labute approximate surface area is 120 Å². The fourth-order valence-corrected chi connectivity index (χ4v) is 2.19. The Bertz CT molecular complexity index is 420. The molecule has 0 radical (unpaired) electrons. The van der Waals surface area contributed by atoms with Crippen LogP contribution in [0, 0.1) is 6.92 Å². The van der Waals surface area contributed by atoms with Crippen molar-refractivity contribution in [2.24, 2.45) is 0 Å². The Morgan fingerprint density at radius 1 is 1.47 bits per heavy atom. The lowest BCUT2D eigenvalue weighted by Crippen LogP contribution is -2.48. The molecule has 1 fully saturated rings. The summed E-state index contributed by atoms with van der Waals surface area (Å²) in [6.45, 7) is 6.05. The minimum absolute atomic E-state index is 0. The van der Waals surface area contributed by atoms with Crippen LogP contribution in [0.1, 0.15) is 24.1 Å². The van der Waals surface area contributed by atoms with Crippen LogP contribution in [0.3, 0.4) is 0 Å². The molecule has 0 aliphatic carbocycles. The molecule has 1 aliphatic rings. The molecule has 1 saturated heterocycles. The molecule has 0 aromatic heterocycles. The predicted octanol–water partition coefficient (Wildman–Crippen LogP) is 1.58. The molecule has 2 rings (SSSR count). The van der Waals surface area contributed by atoms with Gasteiger partial charge < -0.3 is 15.4 Å². The number of amides is 1. The third-order valence-electron chi connectivity index (χ3n) is 3.23. The van der Waals surface area contributed by atoms with Gasteiger partial charge in [0.1, 0.15) is 6.10 Å². The first-order chi connectivity index (χ1) is 8.68. The fourth-order valence-electron chi connectivity index (χ4n) is 2.19. The van der Waals surface area contributed by atoms with Crippen molar-refractivity contribution in [3.8, 4) is 0 Å². The topological polar surface area (TPSA) is 50.4 Å². The number of morpholine rings is 1. The number of benzene rings is 1. The summed E-state index contributed by atoms with van der Waals surface area (Å²) < 4.78 is 5.43. The van der Waals surface area contributed by atoms with Gasteiger partial charge in [0.05, 0.1) is 12.6 Å². The predicted molar refractivity (Wildman–Crippen MR) is 77.6 cm³/mol. The first-order valence-corrected chi connectivity index (χ1v) is 6.36. The van der Waals surface area contributed by atoms with E-state index < -0.39 is 0 Å². The number of hydrogen-bond donors (Lipinski definition) is 2. The smallest absolute Gasteiger partial charge is 0.250 e. The highest BCUT2D eigenvalue weighted by molar-refractivity contribution is 5.85. The van der Waals surface area contributed by atoms with E-state index in [9.17, 15) is 4.79 Å². The van der Waals surface area contributed by atoms with Crippen LogP contribution in [-0.2, 0) is 9.53 Å². The Hall–Kier alpha value is -1.10. The summed E-state index contributed by atoms with van der Waals surface area (Å²) in [7, 11) is 0. The molecule has 2 atom stereocenters. The molecule has 2 N–H and O–H groups in total. The molecule has 1 heterocycles. The van der Waals surface area contributed by atoms with E-state index in [0.29, 0.717) is 13.2 Å². The number of halogens is 1. The van der Waals surface area contributed by atoms with Gasteiger partial charge >= 0.3 is 0 Å². The zero-order valence-electron chi connectivity index (χ0n) is 11.3. The van der Waals surface area contributed by atoms with Crippen molar-refractivity contribution in [3.63, 3.8) is 0 Å². The number of carbonyl (C=O) groups excluding carboxylic acids is 1. The molecular weight excluding hydrogens is 264 g/mol. The fraction of sp³-hybridized carbons (Fsp3) is 0.500. The lowest BCUT2D eigenvalue weighted by Gasteiger charge is -2.25. The summed E-state index contributed by atoms with van der Waals surface area (Å²) in [6, 6.07) is 8.09. The van der Waals surface area contributed by atoms with Crippen LogP contribution in [-0.4, -0.2) is 31.7 Å². The molecular formula is C14H21ClN2O2. The van der Waals surface area contributed by atoms with Gasteiger partial charge in [-0.3, -0.25) is 4.79 Å². The van der Waals surface area contributed by atoms with Crippen LogP contribution >= 0.6 is 12.4 Å². The molecule has 19 heavy (non-hydrogen) atoms. The van der Waals surface area contributed by atoms with Crippen molar-refractivity contribution in [1.29, 1.82) is 0 Å². The van der Waals surface area contributed by atoms with E-state index in [1.165, 1.54) is 5.56 Å². The maximum Gasteiger partial charge on any atom is 0.250 e. The van der Waals surface area contributed by atoms with E-state index in [1.807, 2.05) is 25.1 Å². The van der Waals surface area contributed by atoms with Crippen LogP contribution in [0.4, 0.5) is 0 Å². The SMILES string of the molecule is Cc1ccccc1C(C)NC(=O)C1CNCCO1.Cl. The first-order valence-electron chi connectivity index (χ1n) is 6.36. The third kappa shape index (κ3) is 4.20. The summed E-state index contributed by atoms with van der Waals surface area (Å²) >= 11 is 0. The molecule has 0 bridgehead atoms. The lowest BCUT2D eigenvalue weighted by atomic mass is 10.0. The van der Waals surface area contributed by atoms with Crippen molar-refractivity contribution in [2.45, 2.75) is 26.0 Å². The zero-order chi connectivity index (χ0) is 13.0. The number of ether oxygens (including phenoxy) is 1. The van der Waals surface area contributed by atoms with Gasteiger partial charge in [-0.05, 0) is 25.0 Å². The van der Waals surface area contributed by atoms with Gasteiger partial charge in [-0.25, -0.2) is 0 Å². The Morgan fingerprint density at radius 3 is 2.84 bits per heavy atom. The minimum atomic E-state index is -0.370. The highest BCUT2D eigenvalue weighted by Gasteiger charge is 2.23. The Balaban J connectivity index is 0.00000180. The van der Waals surface area contributed by atoms with Crippen molar-refractivity contribution in [2.75, 3.05) is 19.7 Å². The van der Waals surface area contributed by atoms with Gasteiger partial charge in [0.15, 0.2) is 0 Å². The van der Waals surface area contributed by atoms with Gasteiger partial charge in [0.2, 0.25) is 0 Å². The van der Waals surface area contributed by atoms with Crippen LogP contribution in [0.15, 0.2) is 24.3 Å². The van der Waals surface area contributed by atoms with Crippen molar-refractivity contribution >= 4 is 18.3 Å². The van der Waals surface area contributed by atoms with Gasteiger partial charge in [-0.2, -0.15) is 0 Å². The van der Waals surface area contributed by atoms with Crippen LogP contribution in [0.5, 0.6) is 0 Å². The third-order valence-corrected chi connectivity index (χ3v) is 3.23. The number of nitrogens with one attached hydrogen (secondary N) is 2. The van der Waals surface area contributed by atoms with Crippen molar-refractivity contribution in [3.05, 3.63) is 35.4 Å². The summed E-state index contributed by atoms with van der Waals surface area (Å²) in [4.78, 5) is 12.0. The van der Waals surface area contributed by atoms with E-state index in [4.69, 9.17) is 4.74 Å². The Morgan fingerprint density at radius 2 is 2.21 bits per heavy atom. The van der Waals surface area contributed by atoms with E-state index >= 15 is 0 Å². The van der Waals surface area contributed by atoms with Crippen LogP contribution in [0.25, 0.3) is 0 Å². The maximum atomic E-state index is 12.0. The minimum Gasteiger partial charge on any atom is -0.366 e. The maximum absolute atomic E-state index is 12.0. The number of aryl methyl sites for hydroxylation is 1. The number of hydrogen-bond acceptors (Lipinski definition) is 3. The van der Waals surface area contributed by atoms with Crippen LogP contribution < -0.4 is 10.6 Å². The highest BCUT2D eigenvalue weighted by atomic mass is 35.5. The quantitative estimate of drug-likeness (QED) is 0.886. The van der Waals surface area contributed by atoms with Crippen molar-refractivity contribution < 1.29 is 9.53 Å². The molecule has 0 spiro atoms. The van der Waals surface area contributed by atoms with E-state index in [2.05, 4.69) is 23.6 Å². The van der Waals surface area contributed by atoms with Crippen LogP contribution in [0.2, 0.25) is 0 Å². The highest BCUT2D eigenvalue weighted by Crippen LogP contribution is 2.16. The lowest BCUT2D eigenvalue weighted by molar-refractivity contribution is -0.134. The van der Waals surface area contributed by atoms with E-state index in [-0.39, 0.29) is 30.5 Å². The average molecular weight is 285 g/mol. The second-order valence-electron chi connectivity index (χ2n) is 4.65. The van der Waals surface area contributed by atoms with Gasteiger partial charge in [-0.15, -0.1) is 12.4 Å². The number of carbonyl (C=O) groups is 1. The molecule has 4 nitrogen and oxygen atoms in total. The van der Waals surface area contributed by atoms with Gasteiger partial charge in [-0.1, -0.05) is 24.3 Å². The molecule has 1 aliphatic heterocycles. The van der Waals surface area contributed by atoms with Gasteiger partial charge in [0.25, 0.3) is 5.91 Å². The summed E-state index contributed by atoms with van der Waals surface area (Å²) in [6.07, 6.45) is -0.370. The first kappa shape index (κ1) is 16.0. The second kappa shape index (κ2) is 7.48. The molecule has 5 heteroatoms. The largest absolute Gasteiger partial charge is 0.366 e. The standard InChI is InChI=1S/C14H20N2O2.ClH/c1-10-5-3-4-6-12(10)11(2)16-14(17)13-9-15-7-8-18-13;/h3-6,11,13,15H,7-9H2,1-2H3,(H,16,17);1H. The summed E-state index contributed by atoms with van der Waals surface area (Å²) in [5.74, 6) is -0.0436. The van der Waals surface area contributed by atoms with Gasteiger partial charge in [0, 0.05) is 13.1 Å². The van der Waals surface area contributed by atoms with E-state index in [0.717, 1.165) is 12.1 Å². The van der Waals surface area contributed by atoms with E-state index in [1.54, 1.807) is 0 Å². The molecule has 1 aromatic carbocycles. The average Bonchev–Trinajstić information content (AvgIpc) is 2.40.